The Morgan fingerprint density at radius 1 is 1.08 bits per heavy atom. The van der Waals surface area contributed by atoms with Gasteiger partial charge in [-0.15, -0.1) is 0 Å². The van der Waals surface area contributed by atoms with Gasteiger partial charge in [0.2, 0.25) is 0 Å². The SMILES string of the molecule is CCCCOc1ccc(/C=C2/C=C(c3ccc(Br)cc3)OC2=O)cc1. The second-order valence-corrected chi connectivity index (χ2v) is 6.69. The number of rotatable bonds is 6. The van der Waals surface area contributed by atoms with E-state index in [0.717, 1.165) is 40.8 Å². The van der Waals surface area contributed by atoms with Gasteiger partial charge in [-0.3, -0.25) is 0 Å². The average molecular weight is 399 g/mol. The number of hydrogen-bond acceptors (Lipinski definition) is 3. The first-order chi connectivity index (χ1) is 12.2. The third-order valence-electron chi connectivity index (χ3n) is 3.82. The Balaban J connectivity index is 1.74. The third kappa shape index (κ3) is 4.60. The molecule has 0 aliphatic carbocycles. The molecule has 2 aromatic rings. The van der Waals surface area contributed by atoms with Crippen LogP contribution in [-0.4, -0.2) is 12.6 Å². The fourth-order valence-electron chi connectivity index (χ4n) is 2.42. The Morgan fingerprint density at radius 3 is 2.48 bits per heavy atom. The van der Waals surface area contributed by atoms with E-state index in [9.17, 15) is 4.79 Å². The first-order valence-corrected chi connectivity index (χ1v) is 9.09. The van der Waals surface area contributed by atoms with Crippen LogP contribution in [0.25, 0.3) is 11.8 Å². The molecule has 0 atom stereocenters. The standard InChI is InChI=1S/C21H19BrO3/c1-2-3-12-24-19-10-4-15(5-11-19)13-17-14-20(25-21(17)23)16-6-8-18(22)9-7-16/h4-11,13-14H,2-3,12H2,1H3/b17-13-. The summed E-state index contributed by atoms with van der Waals surface area (Å²) in [6, 6.07) is 15.4. The normalized spacial score (nSPS) is 15.2. The average Bonchev–Trinajstić information content (AvgIpc) is 2.98. The summed E-state index contributed by atoms with van der Waals surface area (Å²) in [6.45, 7) is 2.86. The molecule has 3 nitrogen and oxygen atoms in total. The molecule has 1 heterocycles. The highest BCUT2D eigenvalue weighted by molar-refractivity contribution is 9.10. The summed E-state index contributed by atoms with van der Waals surface area (Å²) in [4.78, 5) is 12.1. The van der Waals surface area contributed by atoms with Crippen LogP contribution in [0.2, 0.25) is 0 Å². The van der Waals surface area contributed by atoms with Gasteiger partial charge in [0.05, 0.1) is 12.2 Å². The molecule has 128 valence electrons. The lowest BCUT2D eigenvalue weighted by Crippen LogP contribution is -1.97. The molecule has 3 rings (SSSR count). The molecule has 0 radical (unpaired) electrons. The van der Waals surface area contributed by atoms with Gasteiger partial charge in [0, 0.05) is 10.0 Å². The molecule has 0 N–H and O–H groups in total. The monoisotopic (exact) mass is 398 g/mol. The summed E-state index contributed by atoms with van der Waals surface area (Å²) in [5, 5.41) is 0. The Hall–Kier alpha value is -2.33. The zero-order valence-electron chi connectivity index (χ0n) is 14.0. The Bertz CT molecular complexity index is 802. The summed E-state index contributed by atoms with van der Waals surface area (Å²) in [7, 11) is 0. The molecule has 0 fully saturated rings. The molecule has 0 aromatic heterocycles. The van der Waals surface area contributed by atoms with Gasteiger partial charge in [0.25, 0.3) is 0 Å². The van der Waals surface area contributed by atoms with Crippen molar-refractivity contribution in [3.8, 4) is 5.75 Å². The van der Waals surface area contributed by atoms with E-state index in [2.05, 4.69) is 22.9 Å². The van der Waals surface area contributed by atoms with E-state index in [4.69, 9.17) is 9.47 Å². The number of carbonyl (C=O) groups excluding carboxylic acids is 1. The maximum absolute atomic E-state index is 12.1. The molecule has 4 heteroatoms. The summed E-state index contributed by atoms with van der Waals surface area (Å²) in [6.07, 6.45) is 5.75. The minimum absolute atomic E-state index is 0.332. The molecular weight excluding hydrogens is 380 g/mol. The Kier molecular flexibility index (Phi) is 5.71. The minimum atomic E-state index is -0.332. The molecule has 0 spiro atoms. The van der Waals surface area contributed by atoms with Crippen LogP contribution < -0.4 is 4.74 Å². The van der Waals surface area contributed by atoms with Crippen molar-refractivity contribution in [1.29, 1.82) is 0 Å². The van der Waals surface area contributed by atoms with Gasteiger partial charge in [-0.1, -0.05) is 53.5 Å². The van der Waals surface area contributed by atoms with Gasteiger partial charge in [-0.05, 0) is 48.4 Å². The van der Waals surface area contributed by atoms with Gasteiger partial charge in [0.15, 0.2) is 0 Å². The van der Waals surface area contributed by atoms with Crippen LogP contribution in [0.1, 0.15) is 30.9 Å². The molecular formula is C21H19BrO3. The topological polar surface area (TPSA) is 35.5 Å². The zero-order valence-corrected chi connectivity index (χ0v) is 15.6. The summed E-state index contributed by atoms with van der Waals surface area (Å²) in [5.74, 6) is 1.08. The lowest BCUT2D eigenvalue weighted by atomic mass is 10.1. The van der Waals surface area contributed by atoms with Crippen molar-refractivity contribution >= 4 is 33.7 Å². The number of halogens is 1. The number of benzene rings is 2. The molecule has 0 amide bonds. The smallest absolute Gasteiger partial charge is 0.343 e. The van der Waals surface area contributed by atoms with Crippen molar-refractivity contribution in [1.82, 2.24) is 0 Å². The molecule has 1 aliphatic heterocycles. The van der Waals surface area contributed by atoms with Gasteiger partial charge >= 0.3 is 5.97 Å². The lowest BCUT2D eigenvalue weighted by Gasteiger charge is -2.05. The van der Waals surface area contributed by atoms with E-state index in [1.807, 2.05) is 54.6 Å². The highest BCUT2D eigenvalue weighted by Crippen LogP contribution is 2.28. The van der Waals surface area contributed by atoms with E-state index < -0.39 is 0 Å². The first-order valence-electron chi connectivity index (χ1n) is 8.30. The fourth-order valence-corrected chi connectivity index (χ4v) is 2.68. The number of cyclic esters (lactones) is 1. The number of unbranched alkanes of at least 4 members (excludes halogenated alkanes) is 1. The van der Waals surface area contributed by atoms with E-state index in [1.165, 1.54) is 0 Å². The van der Waals surface area contributed by atoms with E-state index in [1.54, 1.807) is 6.08 Å². The fraction of sp³-hybridized carbons (Fsp3) is 0.190. The molecule has 2 aromatic carbocycles. The van der Waals surface area contributed by atoms with Gasteiger partial charge < -0.3 is 9.47 Å². The summed E-state index contributed by atoms with van der Waals surface area (Å²) >= 11 is 3.40. The van der Waals surface area contributed by atoms with Crippen LogP contribution in [0.4, 0.5) is 0 Å². The van der Waals surface area contributed by atoms with Crippen LogP contribution in [0.5, 0.6) is 5.75 Å². The van der Waals surface area contributed by atoms with Crippen molar-refractivity contribution in [2.75, 3.05) is 6.61 Å². The molecule has 25 heavy (non-hydrogen) atoms. The summed E-state index contributed by atoms with van der Waals surface area (Å²) < 4.78 is 12.0. The van der Waals surface area contributed by atoms with E-state index in [0.29, 0.717) is 11.3 Å². The van der Waals surface area contributed by atoms with Crippen LogP contribution in [-0.2, 0) is 9.53 Å². The summed E-state index contributed by atoms with van der Waals surface area (Å²) in [5.41, 5.74) is 2.35. The Morgan fingerprint density at radius 2 is 1.80 bits per heavy atom. The molecule has 0 saturated heterocycles. The number of carbonyl (C=O) groups is 1. The first kappa shape index (κ1) is 17.5. The lowest BCUT2D eigenvalue weighted by molar-refractivity contribution is -0.130. The molecule has 0 saturated carbocycles. The van der Waals surface area contributed by atoms with Crippen LogP contribution in [0.15, 0.2) is 64.7 Å². The van der Waals surface area contributed by atoms with Gasteiger partial charge in [-0.2, -0.15) is 0 Å². The Labute approximate surface area is 156 Å². The quantitative estimate of drug-likeness (QED) is 0.360. The molecule has 0 bridgehead atoms. The van der Waals surface area contributed by atoms with Crippen molar-refractivity contribution in [2.45, 2.75) is 19.8 Å². The predicted molar refractivity (Wildman–Crippen MR) is 103 cm³/mol. The highest BCUT2D eigenvalue weighted by atomic mass is 79.9. The van der Waals surface area contributed by atoms with Crippen LogP contribution in [0, 0.1) is 0 Å². The number of esters is 1. The second kappa shape index (κ2) is 8.17. The van der Waals surface area contributed by atoms with E-state index in [-0.39, 0.29) is 5.97 Å². The number of hydrogen-bond donors (Lipinski definition) is 0. The van der Waals surface area contributed by atoms with Gasteiger partial charge in [-0.25, -0.2) is 4.79 Å². The largest absolute Gasteiger partial charge is 0.494 e. The van der Waals surface area contributed by atoms with Crippen LogP contribution in [0.3, 0.4) is 0 Å². The van der Waals surface area contributed by atoms with Crippen molar-refractivity contribution in [3.63, 3.8) is 0 Å². The van der Waals surface area contributed by atoms with Crippen LogP contribution >= 0.6 is 15.9 Å². The minimum Gasteiger partial charge on any atom is -0.494 e. The number of ether oxygens (including phenoxy) is 2. The van der Waals surface area contributed by atoms with Gasteiger partial charge in [0.1, 0.15) is 11.5 Å². The molecule has 1 aliphatic rings. The predicted octanol–water partition coefficient (Wildman–Crippen LogP) is 5.61. The third-order valence-corrected chi connectivity index (χ3v) is 4.35. The van der Waals surface area contributed by atoms with Crippen molar-refractivity contribution in [3.05, 3.63) is 75.8 Å². The van der Waals surface area contributed by atoms with Crippen molar-refractivity contribution < 1.29 is 14.3 Å². The maximum atomic E-state index is 12.1. The van der Waals surface area contributed by atoms with Crippen molar-refractivity contribution in [2.24, 2.45) is 0 Å². The van der Waals surface area contributed by atoms with E-state index >= 15 is 0 Å². The molecule has 0 unspecified atom stereocenters. The zero-order chi connectivity index (χ0) is 17.6. The highest BCUT2D eigenvalue weighted by Gasteiger charge is 2.21. The maximum Gasteiger partial charge on any atom is 0.343 e. The second-order valence-electron chi connectivity index (χ2n) is 5.78.